The van der Waals surface area contributed by atoms with Gasteiger partial charge in [-0.3, -0.25) is 4.79 Å². The van der Waals surface area contributed by atoms with Crippen LogP contribution in [-0.2, 0) is 0 Å². The molecule has 0 saturated heterocycles. The standard InChI is InChI=1S/C14H12N2OS/c1-16(10-5-3-2-4-6-10)14(17)13-9-11-12(18-13)7-8-15-11/h2-9,15H,1H3. The first-order valence-corrected chi connectivity index (χ1v) is 6.47. The number of nitrogens with zero attached hydrogens (tertiary/aromatic N) is 1. The number of aromatic nitrogens is 1. The molecule has 1 amide bonds. The SMILES string of the molecule is CN(C(=O)c1cc2[nH]ccc2s1)c1ccccc1. The summed E-state index contributed by atoms with van der Waals surface area (Å²) in [6.07, 6.45) is 1.89. The number of thiophene rings is 1. The Hall–Kier alpha value is -2.07. The smallest absolute Gasteiger partial charge is 0.268 e. The Kier molecular flexibility index (Phi) is 2.64. The summed E-state index contributed by atoms with van der Waals surface area (Å²) in [4.78, 5) is 17.9. The van der Waals surface area contributed by atoms with Crippen LogP contribution in [0.3, 0.4) is 0 Å². The molecule has 3 aromatic rings. The Balaban J connectivity index is 1.93. The molecule has 1 aromatic carbocycles. The molecule has 90 valence electrons. The molecule has 4 heteroatoms. The third-order valence-corrected chi connectivity index (χ3v) is 3.98. The fourth-order valence-corrected chi connectivity index (χ4v) is 2.89. The van der Waals surface area contributed by atoms with Gasteiger partial charge in [-0.05, 0) is 24.3 Å². The van der Waals surface area contributed by atoms with Crippen molar-refractivity contribution in [1.29, 1.82) is 0 Å². The Labute approximate surface area is 109 Å². The molecular formula is C14H12N2OS. The zero-order chi connectivity index (χ0) is 12.5. The van der Waals surface area contributed by atoms with Crippen molar-refractivity contribution < 1.29 is 4.79 Å². The third kappa shape index (κ3) is 1.80. The van der Waals surface area contributed by atoms with Gasteiger partial charge in [0.05, 0.1) is 15.1 Å². The van der Waals surface area contributed by atoms with Crippen molar-refractivity contribution >= 4 is 33.1 Å². The Morgan fingerprint density at radius 3 is 2.72 bits per heavy atom. The van der Waals surface area contributed by atoms with Crippen LogP contribution >= 0.6 is 11.3 Å². The number of carbonyl (C=O) groups excluding carboxylic acids is 1. The Morgan fingerprint density at radius 1 is 1.22 bits per heavy atom. The van der Waals surface area contributed by atoms with Crippen LogP contribution in [0, 0.1) is 0 Å². The summed E-state index contributed by atoms with van der Waals surface area (Å²) >= 11 is 1.51. The molecule has 0 aliphatic rings. The van der Waals surface area contributed by atoms with E-state index < -0.39 is 0 Å². The summed E-state index contributed by atoms with van der Waals surface area (Å²) in [5.74, 6) is 0.0239. The van der Waals surface area contributed by atoms with Crippen LogP contribution in [-0.4, -0.2) is 17.9 Å². The molecule has 3 nitrogen and oxygen atoms in total. The van der Waals surface area contributed by atoms with Gasteiger partial charge in [0, 0.05) is 18.9 Å². The summed E-state index contributed by atoms with van der Waals surface area (Å²) in [5.41, 5.74) is 1.92. The van der Waals surface area contributed by atoms with Gasteiger partial charge in [-0.15, -0.1) is 11.3 Å². The maximum atomic E-state index is 12.3. The molecule has 18 heavy (non-hydrogen) atoms. The summed E-state index contributed by atoms with van der Waals surface area (Å²) in [7, 11) is 1.80. The topological polar surface area (TPSA) is 36.1 Å². The molecule has 0 unspecified atom stereocenters. The van der Waals surface area contributed by atoms with Crippen molar-refractivity contribution in [3.8, 4) is 0 Å². The summed E-state index contributed by atoms with van der Waals surface area (Å²) in [6.45, 7) is 0. The predicted molar refractivity (Wildman–Crippen MR) is 75.4 cm³/mol. The minimum atomic E-state index is 0.0239. The van der Waals surface area contributed by atoms with E-state index in [-0.39, 0.29) is 5.91 Å². The Morgan fingerprint density at radius 2 is 2.00 bits per heavy atom. The van der Waals surface area contributed by atoms with Crippen LogP contribution in [0.25, 0.3) is 10.2 Å². The molecule has 1 N–H and O–H groups in total. The van der Waals surface area contributed by atoms with Gasteiger partial charge in [0.15, 0.2) is 0 Å². The van der Waals surface area contributed by atoms with Gasteiger partial charge in [0.1, 0.15) is 0 Å². The van der Waals surface area contributed by atoms with Gasteiger partial charge in [0.25, 0.3) is 5.91 Å². The van der Waals surface area contributed by atoms with E-state index in [1.807, 2.05) is 48.7 Å². The van der Waals surface area contributed by atoms with E-state index in [0.29, 0.717) is 0 Å². The number of anilines is 1. The van der Waals surface area contributed by atoms with E-state index in [1.165, 1.54) is 11.3 Å². The number of H-pyrrole nitrogens is 1. The van der Waals surface area contributed by atoms with E-state index in [9.17, 15) is 4.79 Å². The number of amides is 1. The first-order chi connectivity index (χ1) is 8.75. The maximum Gasteiger partial charge on any atom is 0.268 e. The number of rotatable bonds is 2. The second kappa shape index (κ2) is 4.31. The maximum absolute atomic E-state index is 12.3. The van der Waals surface area contributed by atoms with Crippen molar-refractivity contribution in [2.24, 2.45) is 0 Å². The number of hydrogen-bond donors (Lipinski definition) is 1. The molecule has 0 atom stereocenters. The number of hydrogen-bond acceptors (Lipinski definition) is 2. The molecule has 0 aliphatic carbocycles. The van der Waals surface area contributed by atoms with Crippen LogP contribution < -0.4 is 4.90 Å². The van der Waals surface area contributed by atoms with E-state index in [2.05, 4.69) is 4.98 Å². The first kappa shape index (κ1) is 11.0. The van der Waals surface area contributed by atoms with Crippen molar-refractivity contribution in [1.82, 2.24) is 4.98 Å². The highest BCUT2D eigenvalue weighted by molar-refractivity contribution is 7.20. The van der Waals surface area contributed by atoms with Crippen LogP contribution in [0.5, 0.6) is 0 Å². The lowest BCUT2D eigenvalue weighted by Gasteiger charge is -2.15. The Bertz CT molecular complexity index is 655. The number of fused-ring (bicyclic) bond motifs is 1. The van der Waals surface area contributed by atoms with Crippen molar-refractivity contribution in [2.45, 2.75) is 0 Å². The molecule has 0 bridgehead atoms. The number of carbonyl (C=O) groups is 1. The van der Waals surface area contributed by atoms with Crippen LogP contribution in [0.1, 0.15) is 9.67 Å². The zero-order valence-corrected chi connectivity index (χ0v) is 10.7. The summed E-state index contributed by atoms with van der Waals surface area (Å²) in [6, 6.07) is 13.5. The third-order valence-electron chi connectivity index (χ3n) is 2.89. The van der Waals surface area contributed by atoms with Gasteiger partial charge >= 0.3 is 0 Å². The average molecular weight is 256 g/mol. The van der Waals surface area contributed by atoms with Crippen LogP contribution in [0.4, 0.5) is 5.69 Å². The number of para-hydroxylation sites is 1. The largest absolute Gasteiger partial charge is 0.360 e. The average Bonchev–Trinajstić information content (AvgIpc) is 2.99. The lowest BCUT2D eigenvalue weighted by molar-refractivity contribution is 0.0997. The molecule has 0 fully saturated rings. The van der Waals surface area contributed by atoms with Crippen molar-refractivity contribution in [3.05, 3.63) is 53.5 Å². The molecular weight excluding hydrogens is 244 g/mol. The fourth-order valence-electron chi connectivity index (χ4n) is 1.89. The molecule has 0 spiro atoms. The molecule has 2 aromatic heterocycles. The lowest BCUT2D eigenvalue weighted by atomic mass is 10.3. The quantitative estimate of drug-likeness (QED) is 0.748. The normalized spacial score (nSPS) is 10.7. The van der Waals surface area contributed by atoms with Crippen molar-refractivity contribution in [2.75, 3.05) is 11.9 Å². The van der Waals surface area contributed by atoms with E-state index in [1.54, 1.807) is 11.9 Å². The van der Waals surface area contributed by atoms with Crippen molar-refractivity contribution in [3.63, 3.8) is 0 Å². The molecule has 0 radical (unpaired) electrons. The fraction of sp³-hybridized carbons (Fsp3) is 0.0714. The number of benzene rings is 1. The summed E-state index contributed by atoms with van der Waals surface area (Å²) in [5, 5.41) is 0. The highest BCUT2D eigenvalue weighted by Gasteiger charge is 2.16. The lowest BCUT2D eigenvalue weighted by Crippen LogP contribution is -2.25. The second-order valence-corrected chi connectivity index (χ2v) is 5.15. The highest BCUT2D eigenvalue weighted by Crippen LogP contribution is 2.26. The molecule has 0 aliphatic heterocycles. The monoisotopic (exact) mass is 256 g/mol. The van der Waals surface area contributed by atoms with Crippen LogP contribution in [0.15, 0.2) is 48.7 Å². The molecule has 0 saturated carbocycles. The predicted octanol–water partition coefficient (Wildman–Crippen LogP) is 3.51. The van der Waals surface area contributed by atoms with E-state index in [0.717, 1.165) is 20.8 Å². The van der Waals surface area contributed by atoms with Crippen LogP contribution in [0.2, 0.25) is 0 Å². The first-order valence-electron chi connectivity index (χ1n) is 5.66. The summed E-state index contributed by atoms with van der Waals surface area (Å²) < 4.78 is 1.11. The minimum Gasteiger partial charge on any atom is -0.360 e. The van der Waals surface area contributed by atoms with E-state index in [4.69, 9.17) is 0 Å². The van der Waals surface area contributed by atoms with E-state index >= 15 is 0 Å². The number of aromatic amines is 1. The number of nitrogens with one attached hydrogen (secondary N) is 1. The van der Waals surface area contributed by atoms with Gasteiger partial charge < -0.3 is 9.88 Å². The van der Waals surface area contributed by atoms with Gasteiger partial charge in [0.2, 0.25) is 0 Å². The highest BCUT2D eigenvalue weighted by atomic mass is 32.1. The van der Waals surface area contributed by atoms with Gasteiger partial charge in [-0.25, -0.2) is 0 Å². The van der Waals surface area contributed by atoms with Gasteiger partial charge in [-0.2, -0.15) is 0 Å². The van der Waals surface area contributed by atoms with Gasteiger partial charge in [-0.1, -0.05) is 18.2 Å². The second-order valence-electron chi connectivity index (χ2n) is 4.07. The minimum absolute atomic E-state index is 0.0239. The molecule has 3 rings (SSSR count). The molecule has 2 heterocycles. The zero-order valence-electron chi connectivity index (χ0n) is 9.88.